The van der Waals surface area contributed by atoms with Crippen molar-refractivity contribution >= 4 is 17.6 Å². The molecule has 2 aromatic rings. The molecule has 0 fully saturated rings. The third-order valence-corrected chi connectivity index (χ3v) is 2.45. The molecule has 0 aliphatic heterocycles. The summed E-state index contributed by atoms with van der Waals surface area (Å²) >= 11 is 5.61. The minimum Gasteiger partial charge on any atom is -0.408 e. The summed E-state index contributed by atoms with van der Waals surface area (Å²) in [6.07, 6.45) is 4.11. The molecule has 0 unspecified atom stereocenters. The number of nitrogens with zero attached hydrogens (tertiary/aromatic N) is 4. The Morgan fingerprint density at radius 2 is 2.06 bits per heavy atom. The van der Waals surface area contributed by atoms with Crippen molar-refractivity contribution in [3.63, 3.8) is 0 Å². The lowest BCUT2D eigenvalue weighted by atomic mass is 10.2. The molecule has 2 rings (SSSR count). The predicted octanol–water partition coefficient (Wildman–Crippen LogP) is 1.88. The van der Waals surface area contributed by atoms with Crippen molar-refractivity contribution in [1.82, 2.24) is 15.2 Å². The maximum absolute atomic E-state index is 5.61. The summed E-state index contributed by atoms with van der Waals surface area (Å²) < 4.78 is 5.46. The minimum atomic E-state index is 0.482. The van der Waals surface area contributed by atoms with Crippen LogP contribution in [0.25, 0.3) is 0 Å². The van der Waals surface area contributed by atoms with E-state index in [4.69, 9.17) is 16.0 Å². The van der Waals surface area contributed by atoms with Gasteiger partial charge in [0.25, 0.3) is 0 Å². The quantitative estimate of drug-likeness (QED) is 0.761. The number of halogens is 1. The highest BCUT2D eigenvalue weighted by atomic mass is 35.5. The molecular weight excluding hydrogens is 240 g/mol. The Hall–Kier alpha value is -1.62. The van der Waals surface area contributed by atoms with Crippen molar-refractivity contribution in [3.05, 3.63) is 36.0 Å². The molecule has 0 amide bonds. The highest BCUT2D eigenvalue weighted by Crippen LogP contribution is 2.13. The van der Waals surface area contributed by atoms with Crippen LogP contribution in [0.5, 0.6) is 0 Å². The molecule has 0 N–H and O–H groups in total. The summed E-state index contributed by atoms with van der Waals surface area (Å²) in [5, 5.41) is 7.88. The molecule has 0 bridgehead atoms. The highest BCUT2D eigenvalue weighted by Gasteiger charge is 2.10. The van der Waals surface area contributed by atoms with Crippen LogP contribution in [-0.2, 0) is 13.0 Å². The Kier molecular flexibility index (Phi) is 3.93. The van der Waals surface area contributed by atoms with E-state index in [1.54, 1.807) is 12.4 Å². The van der Waals surface area contributed by atoms with Gasteiger partial charge in [0.2, 0.25) is 5.89 Å². The van der Waals surface area contributed by atoms with Crippen LogP contribution < -0.4 is 4.90 Å². The maximum Gasteiger partial charge on any atom is 0.318 e. The lowest BCUT2D eigenvalue weighted by Crippen LogP contribution is -2.16. The molecule has 5 nitrogen and oxygen atoms in total. The number of rotatable bonds is 5. The molecule has 0 aliphatic rings. The second-order valence-corrected chi connectivity index (χ2v) is 4.01. The number of pyridine rings is 1. The van der Waals surface area contributed by atoms with E-state index in [1.165, 1.54) is 0 Å². The molecule has 0 aromatic carbocycles. The van der Waals surface area contributed by atoms with Gasteiger partial charge in [0, 0.05) is 38.3 Å². The molecule has 2 heterocycles. The third-order valence-electron chi connectivity index (χ3n) is 2.26. The standard InChI is InChI=1S/C11H13ClN4O/c1-16(8-9-3-6-13-7-4-9)11-15-14-10(17-11)2-5-12/h3-4,6-7H,2,5,8H2,1H3. The Labute approximate surface area is 104 Å². The van der Waals surface area contributed by atoms with Crippen molar-refractivity contribution in [1.29, 1.82) is 0 Å². The highest BCUT2D eigenvalue weighted by molar-refractivity contribution is 6.17. The van der Waals surface area contributed by atoms with Gasteiger partial charge in [-0.05, 0) is 17.7 Å². The van der Waals surface area contributed by atoms with Crippen molar-refractivity contribution < 1.29 is 4.42 Å². The van der Waals surface area contributed by atoms with Gasteiger partial charge in [-0.3, -0.25) is 4.98 Å². The Bertz CT molecular complexity index is 460. The number of aromatic nitrogens is 3. The monoisotopic (exact) mass is 252 g/mol. The zero-order valence-corrected chi connectivity index (χ0v) is 10.3. The first-order chi connectivity index (χ1) is 8.29. The number of aryl methyl sites for hydroxylation is 1. The van der Waals surface area contributed by atoms with Crippen LogP contribution >= 0.6 is 11.6 Å². The van der Waals surface area contributed by atoms with Crippen LogP contribution in [0.1, 0.15) is 11.5 Å². The van der Waals surface area contributed by atoms with Gasteiger partial charge in [-0.2, -0.15) is 0 Å². The topological polar surface area (TPSA) is 55.1 Å². The molecule has 17 heavy (non-hydrogen) atoms. The molecule has 0 saturated heterocycles. The maximum atomic E-state index is 5.61. The lowest BCUT2D eigenvalue weighted by molar-refractivity contribution is 0.495. The van der Waals surface area contributed by atoms with Crippen LogP contribution in [0.3, 0.4) is 0 Å². The Morgan fingerprint density at radius 1 is 1.29 bits per heavy atom. The van der Waals surface area contributed by atoms with Crippen LogP contribution in [0.4, 0.5) is 6.01 Å². The van der Waals surface area contributed by atoms with Crippen molar-refractivity contribution in [2.45, 2.75) is 13.0 Å². The van der Waals surface area contributed by atoms with Gasteiger partial charge in [-0.15, -0.1) is 16.7 Å². The average molecular weight is 253 g/mol. The molecule has 2 aromatic heterocycles. The summed E-state index contributed by atoms with van der Waals surface area (Å²) in [5.41, 5.74) is 1.14. The van der Waals surface area contributed by atoms with Crippen LogP contribution in [0.2, 0.25) is 0 Å². The van der Waals surface area contributed by atoms with E-state index >= 15 is 0 Å². The fourth-order valence-electron chi connectivity index (χ4n) is 1.41. The number of anilines is 1. The second kappa shape index (κ2) is 5.63. The fraction of sp³-hybridized carbons (Fsp3) is 0.364. The molecule has 0 saturated carbocycles. The van der Waals surface area contributed by atoms with E-state index in [0.717, 1.165) is 5.56 Å². The van der Waals surface area contributed by atoms with E-state index in [0.29, 0.717) is 30.8 Å². The zero-order valence-electron chi connectivity index (χ0n) is 9.51. The van der Waals surface area contributed by atoms with Crippen molar-refractivity contribution in [2.75, 3.05) is 17.8 Å². The number of hydrogen-bond donors (Lipinski definition) is 0. The van der Waals surface area contributed by atoms with Gasteiger partial charge >= 0.3 is 6.01 Å². The van der Waals surface area contributed by atoms with Gasteiger partial charge < -0.3 is 9.32 Å². The molecular formula is C11H13ClN4O. The van der Waals surface area contributed by atoms with E-state index in [2.05, 4.69) is 15.2 Å². The largest absolute Gasteiger partial charge is 0.408 e. The predicted molar refractivity (Wildman–Crippen MR) is 65.1 cm³/mol. The molecule has 0 radical (unpaired) electrons. The smallest absolute Gasteiger partial charge is 0.318 e. The number of hydrogen-bond acceptors (Lipinski definition) is 5. The normalized spacial score (nSPS) is 10.5. The van der Waals surface area contributed by atoms with Crippen LogP contribution in [0.15, 0.2) is 28.9 Å². The van der Waals surface area contributed by atoms with E-state index in [9.17, 15) is 0 Å². The van der Waals surface area contributed by atoms with Crippen molar-refractivity contribution in [3.8, 4) is 0 Å². The first-order valence-electron chi connectivity index (χ1n) is 5.28. The molecule has 0 aliphatic carbocycles. The summed E-state index contributed by atoms with van der Waals surface area (Å²) in [4.78, 5) is 5.86. The average Bonchev–Trinajstić information content (AvgIpc) is 2.79. The van der Waals surface area contributed by atoms with E-state index in [1.807, 2.05) is 24.1 Å². The molecule has 0 atom stereocenters. The van der Waals surface area contributed by atoms with Crippen LogP contribution in [0, 0.1) is 0 Å². The van der Waals surface area contributed by atoms with Gasteiger partial charge in [0.05, 0.1) is 0 Å². The van der Waals surface area contributed by atoms with Crippen LogP contribution in [-0.4, -0.2) is 28.1 Å². The molecule has 90 valence electrons. The van der Waals surface area contributed by atoms with E-state index in [-0.39, 0.29) is 0 Å². The third kappa shape index (κ3) is 3.17. The second-order valence-electron chi connectivity index (χ2n) is 3.63. The SMILES string of the molecule is CN(Cc1ccncc1)c1nnc(CCCl)o1. The molecule has 6 heteroatoms. The van der Waals surface area contributed by atoms with Gasteiger partial charge in [0.1, 0.15) is 0 Å². The van der Waals surface area contributed by atoms with E-state index < -0.39 is 0 Å². The Balaban J connectivity index is 2.01. The summed E-state index contributed by atoms with van der Waals surface area (Å²) in [5.74, 6) is 1.05. The first-order valence-corrected chi connectivity index (χ1v) is 5.81. The fourth-order valence-corrected chi connectivity index (χ4v) is 1.57. The summed E-state index contributed by atoms with van der Waals surface area (Å²) in [6.45, 7) is 0.699. The first kappa shape index (κ1) is 11.9. The zero-order chi connectivity index (χ0) is 12.1. The van der Waals surface area contributed by atoms with Crippen molar-refractivity contribution in [2.24, 2.45) is 0 Å². The lowest BCUT2D eigenvalue weighted by Gasteiger charge is -2.13. The Morgan fingerprint density at radius 3 is 2.76 bits per heavy atom. The van der Waals surface area contributed by atoms with Gasteiger partial charge in [0.15, 0.2) is 0 Å². The van der Waals surface area contributed by atoms with Gasteiger partial charge in [-0.25, -0.2) is 0 Å². The summed E-state index contributed by atoms with van der Waals surface area (Å²) in [7, 11) is 1.90. The number of alkyl halides is 1. The minimum absolute atomic E-state index is 0.482. The van der Waals surface area contributed by atoms with Gasteiger partial charge in [-0.1, -0.05) is 5.10 Å². The molecule has 0 spiro atoms. The summed E-state index contributed by atoms with van der Waals surface area (Å²) in [6, 6.07) is 4.40.